The Bertz CT molecular complexity index is 1310. The second-order valence-corrected chi connectivity index (χ2v) is 9.63. The van der Waals surface area contributed by atoms with E-state index in [4.69, 9.17) is 4.98 Å². The summed E-state index contributed by atoms with van der Waals surface area (Å²) in [5, 5.41) is 5.20. The summed E-state index contributed by atoms with van der Waals surface area (Å²) in [6, 6.07) is 6.35. The SMILES string of the molecule is CC1CCc2c(sc3nc(SCc4ncnn4C)n(-c4ccccc4F)c(=O)c23)C1. The van der Waals surface area contributed by atoms with E-state index in [0.717, 1.165) is 35.5 Å². The summed E-state index contributed by atoms with van der Waals surface area (Å²) in [5.41, 5.74) is 1.12. The predicted molar refractivity (Wildman–Crippen MR) is 117 cm³/mol. The van der Waals surface area contributed by atoms with Gasteiger partial charge in [0.2, 0.25) is 0 Å². The summed E-state index contributed by atoms with van der Waals surface area (Å²) in [4.78, 5) is 24.7. The Balaban J connectivity index is 1.71. The van der Waals surface area contributed by atoms with Crippen LogP contribution >= 0.6 is 23.1 Å². The fourth-order valence-electron chi connectivity index (χ4n) is 3.89. The topological polar surface area (TPSA) is 65.6 Å². The summed E-state index contributed by atoms with van der Waals surface area (Å²) >= 11 is 2.97. The van der Waals surface area contributed by atoms with Crippen LogP contribution in [0.1, 0.15) is 29.6 Å². The van der Waals surface area contributed by atoms with Crippen molar-refractivity contribution in [3.05, 3.63) is 63.0 Å². The molecule has 4 aromatic rings. The van der Waals surface area contributed by atoms with E-state index < -0.39 is 5.82 Å². The Morgan fingerprint density at radius 3 is 2.93 bits per heavy atom. The van der Waals surface area contributed by atoms with Gasteiger partial charge < -0.3 is 0 Å². The molecule has 9 heteroatoms. The zero-order valence-corrected chi connectivity index (χ0v) is 18.3. The average Bonchev–Trinajstić information content (AvgIpc) is 3.29. The number of nitrogens with zero attached hydrogens (tertiary/aromatic N) is 5. The molecular weight excluding hydrogens is 421 g/mol. The smallest absolute Gasteiger partial charge is 0.267 e. The van der Waals surface area contributed by atoms with Crippen LogP contribution in [0.15, 0.2) is 40.5 Å². The van der Waals surface area contributed by atoms with Crippen LogP contribution in [0.25, 0.3) is 15.9 Å². The number of hydrogen-bond acceptors (Lipinski definition) is 6. The molecule has 0 saturated carbocycles. The molecule has 3 heterocycles. The number of para-hydroxylation sites is 1. The van der Waals surface area contributed by atoms with Gasteiger partial charge in [-0.25, -0.2) is 14.4 Å². The largest absolute Gasteiger partial charge is 0.268 e. The predicted octanol–water partition coefficient (Wildman–Crippen LogP) is 4.13. The van der Waals surface area contributed by atoms with Gasteiger partial charge in [0.05, 0.1) is 16.8 Å². The zero-order valence-electron chi connectivity index (χ0n) is 16.6. The highest BCUT2D eigenvalue weighted by Gasteiger charge is 2.26. The minimum Gasteiger partial charge on any atom is -0.268 e. The van der Waals surface area contributed by atoms with Crippen LogP contribution in [0.2, 0.25) is 0 Å². The maximum atomic E-state index is 14.7. The van der Waals surface area contributed by atoms with Gasteiger partial charge in [-0.05, 0) is 42.9 Å². The van der Waals surface area contributed by atoms with Crippen molar-refractivity contribution in [2.45, 2.75) is 37.1 Å². The highest BCUT2D eigenvalue weighted by atomic mass is 32.2. The van der Waals surface area contributed by atoms with Gasteiger partial charge >= 0.3 is 0 Å². The molecule has 0 N–H and O–H groups in total. The van der Waals surface area contributed by atoms with Crippen molar-refractivity contribution in [1.82, 2.24) is 24.3 Å². The van der Waals surface area contributed by atoms with E-state index in [1.165, 1.54) is 33.6 Å². The van der Waals surface area contributed by atoms with E-state index >= 15 is 0 Å². The summed E-state index contributed by atoms with van der Waals surface area (Å²) in [7, 11) is 1.82. The highest BCUT2D eigenvalue weighted by Crippen LogP contribution is 2.37. The van der Waals surface area contributed by atoms with Crippen molar-refractivity contribution in [3.63, 3.8) is 0 Å². The standard InChI is InChI=1S/C21H20FN5OS2/c1-12-7-8-13-16(9-12)30-19-18(13)20(28)27(15-6-4-3-5-14(15)22)21(25-19)29-10-17-23-11-24-26(17)2/h3-6,11-12H,7-10H2,1-2H3. The van der Waals surface area contributed by atoms with Gasteiger partial charge in [-0.3, -0.25) is 14.0 Å². The van der Waals surface area contributed by atoms with Crippen molar-refractivity contribution >= 4 is 33.3 Å². The first-order chi connectivity index (χ1) is 14.5. The molecule has 0 amide bonds. The third kappa shape index (κ3) is 3.26. The third-order valence-electron chi connectivity index (χ3n) is 5.53. The summed E-state index contributed by atoms with van der Waals surface area (Å²) < 4.78 is 17.8. The molecule has 0 radical (unpaired) electrons. The second-order valence-electron chi connectivity index (χ2n) is 7.61. The number of thiophene rings is 1. The summed E-state index contributed by atoms with van der Waals surface area (Å²) in [6.07, 6.45) is 4.39. The van der Waals surface area contributed by atoms with E-state index in [-0.39, 0.29) is 11.2 Å². The fourth-order valence-corrected chi connectivity index (χ4v) is 6.31. The molecule has 1 unspecified atom stereocenters. The minimum atomic E-state index is -0.445. The normalized spacial score (nSPS) is 16.2. The fraction of sp³-hybridized carbons (Fsp3) is 0.333. The Hall–Kier alpha value is -2.52. The zero-order chi connectivity index (χ0) is 20.8. The molecular formula is C21H20FN5OS2. The number of rotatable bonds is 4. The molecule has 0 bridgehead atoms. The lowest BCUT2D eigenvalue weighted by molar-refractivity contribution is 0.509. The van der Waals surface area contributed by atoms with Gasteiger partial charge in [0.1, 0.15) is 22.8 Å². The number of fused-ring (bicyclic) bond motifs is 3. The number of aryl methyl sites for hydroxylation is 2. The maximum Gasteiger partial charge on any atom is 0.267 e. The molecule has 3 aromatic heterocycles. The lowest BCUT2D eigenvalue weighted by atomic mass is 9.89. The summed E-state index contributed by atoms with van der Waals surface area (Å²) in [6.45, 7) is 2.24. The number of aromatic nitrogens is 5. The second kappa shape index (κ2) is 7.63. The van der Waals surface area contributed by atoms with E-state index in [1.54, 1.807) is 34.2 Å². The van der Waals surface area contributed by atoms with Crippen LogP contribution in [0.3, 0.4) is 0 Å². The molecule has 5 rings (SSSR count). The molecule has 1 aromatic carbocycles. The first kappa shape index (κ1) is 19.4. The van der Waals surface area contributed by atoms with Gasteiger partial charge in [0.15, 0.2) is 5.16 Å². The molecule has 0 fully saturated rings. The van der Waals surface area contributed by atoms with Gasteiger partial charge in [-0.1, -0.05) is 30.8 Å². The third-order valence-corrected chi connectivity index (χ3v) is 7.61. The van der Waals surface area contributed by atoms with Gasteiger partial charge in [0.25, 0.3) is 5.56 Å². The van der Waals surface area contributed by atoms with Crippen molar-refractivity contribution < 1.29 is 4.39 Å². The Labute approximate surface area is 180 Å². The van der Waals surface area contributed by atoms with Crippen LogP contribution in [0.5, 0.6) is 0 Å². The van der Waals surface area contributed by atoms with E-state index in [1.807, 2.05) is 7.05 Å². The molecule has 0 saturated heterocycles. The summed E-state index contributed by atoms with van der Waals surface area (Å²) in [5.74, 6) is 1.39. The van der Waals surface area contributed by atoms with E-state index in [9.17, 15) is 9.18 Å². The van der Waals surface area contributed by atoms with Crippen LogP contribution in [0, 0.1) is 11.7 Å². The van der Waals surface area contributed by atoms with Crippen LogP contribution < -0.4 is 5.56 Å². The molecule has 0 aliphatic heterocycles. The van der Waals surface area contributed by atoms with Crippen molar-refractivity contribution in [1.29, 1.82) is 0 Å². The van der Waals surface area contributed by atoms with Gasteiger partial charge in [0, 0.05) is 11.9 Å². The molecule has 1 aliphatic carbocycles. The number of thioether (sulfide) groups is 1. The monoisotopic (exact) mass is 441 g/mol. The molecule has 1 aliphatic rings. The molecule has 154 valence electrons. The molecule has 6 nitrogen and oxygen atoms in total. The Kier molecular flexibility index (Phi) is 4.94. The lowest BCUT2D eigenvalue weighted by Gasteiger charge is -2.18. The van der Waals surface area contributed by atoms with Crippen molar-refractivity contribution in [2.24, 2.45) is 13.0 Å². The van der Waals surface area contributed by atoms with E-state index in [2.05, 4.69) is 17.0 Å². The van der Waals surface area contributed by atoms with Crippen LogP contribution in [-0.4, -0.2) is 24.3 Å². The van der Waals surface area contributed by atoms with Gasteiger partial charge in [-0.15, -0.1) is 11.3 Å². The minimum absolute atomic E-state index is 0.197. The van der Waals surface area contributed by atoms with Crippen molar-refractivity contribution in [3.8, 4) is 5.69 Å². The van der Waals surface area contributed by atoms with E-state index in [0.29, 0.717) is 22.2 Å². The van der Waals surface area contributed by atoms with Crippen LogP contribution in [0.4, 0.5) is 4.39 Å². The Morgan fingerprint density at radius 2 is 2.17 bits per heavy atom. The number of benzene rings is 1. The average molecular weight is 442 g/mol. The van der Waals surface area contributed by atoms with Crippen molar-refractivity contribution in [2.75, 3.05) is 0 Å². The maximum absolute atomic E-state index is 14.7. The first-order valence-corrected chi connectivity index (χ1v) is 11.6. The first-order valence-electron chi connectivity index (χ1n) is 9.80. The lowest BCUT2D eigenvalue weighted by Crippen LogP contribution is -2.23. The van der Waals surface area contributed by atoms with Crippen LogP contribution in [-0.2, 0) is 25.6 Å². The number of hydrogen-bond donors (Lipinski definition) is 0. The molecule has 0 spiro atoms. The number of halogens is 1. The highest BCUT2D eigenvalue weighted by molar-refractivity contribution is 7.98. The quantitative estimate of drug-likeness (QED) is 0.352. The molecule has 30 heavy (non-hydrogen) atoms. The molecule has 1 atom stereocenters. The Morgan fingerprint density at radius 1 is 1.33 bits per heavy atom. The van der Waals surface area contributed by atoms with Gasteiger partial charge in [-0.2, -0.15) is 5.10 Å².